The van der Waals surface area contributed by atoms with E-state index in [9.17, 15) is 0 Å². The molecule has 0 saturated heterocycles. The van der Waals surface area contributed by atoms with Gasteiger partial charge in [0.1, 0.15) is 5.58 Å². The summed E-state index contributed by atoms with van der Waals surface area (Å²) in [5, 5.41) is 11.7. The summed E-state index contributed by atoms with van der Waals surface area (Å²) in [5.74, 6) is 0.760. The Balaban J connectivity index is 0.000000231. The van der Waals surface area contributed by atoms with Crippen LogP contribution in [0.2, 0.25) is 19.6 Å². The third-order valence-electron chi connectivity index (χ3n) is 7.56. The van der Waals surface area contributed by atoms with Crippen LogP contribution in [0.5, 0.6) is 0 Å². The van der Waals surface area contributed by atoms with Crippen LogP contribution in [0.15, 0.2) is 126 Å². The van der Waals surface area contributed by atoms with E-state index < -0.39 is 8.07 Å². The van der Waals surface area contributed by atoms with Crippen LogP contribution in [0.4, 0.5) is 0 Å². The second-order valence-corrected chi connectivity index (χ2v) is 16.6. The number of nitrogens with zero attached hydrogens (tertiary/aromatic N) is 5. The number of hydrogen-bond acceptors (Lipinski definition) is 5. The summed E-state index contributed by atoms with van der Waals surface area (Å²) < 4.78 is 8.56. The Morgan fingerprint density at radius 3 is 2.31 bits per heavy atom. The number of furan rings is 1. The average Bonchev–Trinajstić information content (AvgIpc) is 3.64. The SMILES string of the molecule is C[Si](C)(C)c1ccc2c(c1)oc1c(-c3nc4cnncc4n3-c3ccccc3)[c-]ccc12.[Ir].[c-]1ccccc1-c1ccccn1. The van der Waals surface area contributed by atoms with Crippen LogP contribution in [0.3, 0.4) is 0 Å². The van der Waals surface area contributed by atoms with Crippen molar-refractivity contribution in [3.63, 3.8) is 0 Å². The average molecular weight is 780 g/mol. The van der Waals surface area contributed by atoms with Crippen LogP contribution >= 0.6 is 0 Å². The fourth-order valence-corrected chi connectivity index (χ4v) is 6.45. The molecule has 0 atom stereocenters. The molecule has 6 nitrogen and oxygen atoms in total. The van der Waals surface area contributed by atoms with Gasteiger partial charge in [0.15, 0.2) is 0 Å². The number of para-hydroxylation sites is 1. The van der Waals surface area contributed by atoms with E-state index in [1.807, 2.05) is 66.7 Å². The maximum Gasteiger partial charge on any atom is 0.120 e. The minimum atomic E-state index is -1.45. The Bertz CT molecular complexity index is 2170. The molecule has 8 rings (SSSR count). The van der Waals surface area contributed by atoms with Gasteiger partial charge in [0, 0.05) is 37.4 Å². The van der Waals surface area contributed by atoms with Crippen LogP contribution in [0, 0.1) is 12.1 Å². The predicted molar refractivity (Wildman–Crippen MR) is 180 cm³/mol. The van der Waals surface area contributed by atoms with Gasteiger partial charge < -0.3 is 14.0 Å². The molecule has 0 aliphatic heterocycles. The molecule has 0 bridgehead atoms. The summed E-state index contributed by atoms with van der Waals surface area (Å²) in [6.45, 7) is 7.04. The van der Waals surface area contributed by atoms with Gasteiger partial charge in [0.2, 0.25) is 0 Å². The zero-order valence-electron chi connectivity index (χ0n) is 25.0. The van der Waals surface area contributed by atoms with Crippen LogP contribution in [0.1, 0.15) is 0 Å². The second kappa shape index (κ2) is 12.7. The predicted octanol–water partition coefficient (Wildman–Crippen LogP) is 8.27. The quantitative estimate of drug-likeness (QED) is 0.133. The Morgan fingerprint density at radius 1 is 0.756 bits per heavy atom. The number of benzene rings is 4. The van der Waals surface area contributed by atoms with Crippen molar-refractivity contribution in [3.05, 3.63) is 134 Å². The molecule has 0 fully saturated rings. The Labute approximate surface area is 276 Å². The first-order valence-electron chi connectivity index (χ1n) is 14.5. The van der Waals surface area contributed by atoms with Crippen LogP contribution in [-0.4, -0.2) is 32.8 Å². The molecule has 0 N–H and O–H groups in total. The van der Waals surface area contributed by atoms with Gasteiger partial charge in [0.05, 0.1) is 42.9 Å². The third kappa shape index (κ3) is 6.00. The molecule has 0 aliphatic carbocycles. The van der Waals surface area contributed by atoms with Crippen LogP contribution in [0.25, 0.3) is 61.3 Å². The number of hydrogen-bond donors (Lipinski definition) is 0. The molecule has 4 aromatic heterocycles. The van der Waals surface area contributed by atoms with Gasteiger partial charge in [-0.3, -0.25) is 4.98 Å². The van der Waals surface area contributed by atoms with Crippen molar-refractivity contribution in [2.45, 2.75) is 19.6 Å². The fraction of sp³-hybridized carbons (Fsp3) is 0.0811. The molecular formula is C37H29IrN5OSi-2. The standard InChI is InChI=1S/C26H21N4OSi.C11H8N.Ir/c1-32(2,3)18-12-13-19-20-10-7-11-21(25(20)31-24(19)14-18)26-29-22-15-27-28-16-23(22)30(26)17-8-5-4-6-9-17;1-2-6-10(7-3-1)11-8-4-5-9-12-11;/h4-10,12-16H,1-3H3;1-6,8-9H;/q2*-1;. The molecule has 223 valence electrons. The van der Waals surface area contributed by atoms with Gasteiger partial charge in [-0.2, -0.15) is 10.2 Å². The number of pyridine rings is 1. The van der Waals surface area contributed by atoms with Crippen molar-refractivity contribution in [2.24, 2.45) is 0 Å². The fourth-order valence-electron chi connectivity index (χ4n) is 5.30. The van der Waals surface area contributed by atoms with Gasteiger partial charge in [-0.1, -0.05) is 78.2 Å². The zero-order valence-corrected chi connectivity index (χ0v) is 28.4. The van der Waals surface area contributed by atoms with E-state index in [-0.39, 0.29) is 20.1 Å². The molecule has 0 amide bonds. The monoisotopic (exact) mass is 780 g/mol. The van der Waals surface area contributed by atoms with Gasteiger partial charge in [-0.05, 0) is 30.0 Å². The molecule has 0 aliphatic rings. The van der Waals surface area contributed by atoms with Gasteiger partial charge in [-0.25, -0.2) is 0 Å². The number of fused-ring (bicyclic) bond motifs is 4. The van der Waals surface area contributed by atoms with E-state index in [1.165, 1.54) is 5.19 Å². The molecule has 0 unspecified atom stereocenters. The second-order valence-electron chi connectivity index (χ2n) is 11.5. The Morgan fingerprint density at radius 2 is 1.56 bits per heavy atom. The van der Waals surface area contributed by atoms with Gasteiger partial charge >= 0.3 is 0 Å². The van der Waals surface area contributed by atoms with Crippen LogP contribution < -0.4 is 5.19 Å². The van der Waals surface area contributed by atoms with Crippen LogP contribution in [-0.2, 0) is 20.1 Å². The Hall–Kier alpha value is -4.75. The van der Waals surface area contributed by atoms with Crippen molar-refractivity contribution in [1.29, 1.82) is 0 Å². The first-order chi connectivity index (χ1) is 21.5. The minimum Gasteiger partial charge on any atom is -0.501 e. The first-order valence-corrected chi connectivity index (χ1v) is 18.0. The molecule has 4 heterocycles. The smallest absolute Gasteiger partial charge is 0.120 e. The number of imidazole rings is 1. The van der Waals surface area contributed by atoms with Gasteiger partial charge in [0.25, 0.3) is 0 Å². The van der Waals surface area contributed by atoms with E-state index in [0.717, 1.165) is 61.3 Å². The van der Waals surface area contributed by atoms with E-state index in [4.69, 9.17) is 9.40 Å². The normalized spacial score (nSPS) is 11.3. The van der Waals surface area contributed by atoms with E-state index in [2.05, 4.69) is 87.9 Å². The number of aromatic nitrogens is 5. The maximum absolute atomic E-state index is 6.47. The maximum atomic E-state index is 6.47. The molecule has 8 heteroatoms. The first kappa shape index (κ1) is 30.3. The summed E-state index contributed by atoms with van der Waals surface area (Å²) in [6, 6.07) is 41.0. The summed E-state index contributed by atoms with van der Waals surface area (Å²) in [4.78, 5) is 9.13. The van der Waals surface area contributed by atoms with Crippen molar-refractivity contribution < 1.29 is 24.5 Å². The van der Waals surface area contributed by atoms with Gasteiger partial charge in [-0.15, -0.1) is 54.1 Å². The molecule has 1 radical (unpaired) electrons. The van der Waals surface area contributed by atoms with Crippen molar-refractivity contribution >= 4 is 46.2 Å². The number of rotatable bonds is 4. The van der Waals surface area contributed by atoms with E-state index in [0.29, 0.717) is 0 Å². The van der Waals surface area contributed by atoms with Crippen molar-refractivity contribution in [1.82, 2.24) is 24.7 Å². The molecule has 0 saturated carbocycles. The molecular weight excluding hydrogens is 751 g/mol. The topological polar surface area (TPSA) is 69.6 Å². The largest absolute Gasteiger partial charge is 0.501 e. The van der Waals surface area contributed by atoms with E-state index in [1.54, 1.807) is 18.6 Å². The molecule has 0 spiro atoms. The molecule has 45 heavy (non-hydrogen) atoms. The zero-order chi connectivity index (χ0) is 30.1. The Kier molecular flexibility index (Phi) is 8.54. The van der Waals surface area contributed by atoms with Crippen molar-refractivity contribution in [3.8, 4) is 28.3 Å². The van der Waals surface area contributed by atoms with Crippen molar-refractivity contribution in [2.75, 3.05) is 0 Å². The minimum absolute atomic E-state index is 0. The van der Waals surface area contributed by atoms with E-state index >= 15 is 0 Å². The summed E-state index contributed by atoms with van der Waals surface area (Å²) in [6.07, 6.45) is 5.23. The summed E-state index contributed by atoms with van der Waals surface area (Å²) in [7, 11) is -1.45. The summed E-state index contributed by atoms with van der Waals surface area (Å²) in [5.41, 5.74) is 7.21. The molecule has 4 aromatic carbocycles. The summed E-state index contributed by atoms with van der Waals surface area (Å²) >= 11 is 0. The third-order valence-corrected chi connectivity index (χ3v) is 9.60. The molecule has 8 aromatic rings.